The predicted octanol–water partition coefficient (Wildman–Crippen LogP) is -0.720. The highest BCUT2D eigenvalue weighted by Crippen LogP contribution is 2.30. The molecule has 0 radical (unpaired) electrons. The number of fused-ring (bicyclic) bond motifs is 1. The van der Waals surface area contributed by atoms with Crippen LogP contribution in [0.3, 0.4) is 0 Å². The first-order valence-corrected chi connectivity index (χ1v) is 5.61. The van der Waals surface area contributed by atoms with Crippen LogP contribution in [0.1, 0.15) is 27.1 Å². The van der Waals surface area contributed by atoms with E-state index >= 15 is 0 Å². The molecule has 4 amide bonds. The molecular weight excluding hydrogens is 250 g/mol. The van der Waals surface area contributed by atoms with E-state index in [-0.39, 0.29) is 23.2 Å². The number of anilines is 1. The Balaban J connectivity index is 2.06. The zero-order valence-corrected chi connectivity index (χ0v) is 9.67. The molecule has 19 heavy (non-hydrogen) atoms. The molecule has 2 aliphatic rings. The summed E-state index contributed by atoms with van der Waals surface area (Å²) in [5, 5.41) is 2.07. The maximum absolute atomic E-state index is 12.2. The van der Waals surface area contributed by atoms with Gasteiger partial charge in [-0.1, -0.05) is 6.07 Å². The number of nitrogens with zero attached hydrogens (tertiary/aromatic N) is 1. The molecule has 7 heteroatoms. The van der Waals surface area contributed by atoms with Crippen LogP contribution >= 0.6 is 0 Å². The summed E-state index contributed by atoms with van der Waals surface area (Å²) in [5.41, 5.74) is 6.12. The Morgan fingerprint density at radius 1 is 1.16 bits per heavy atom. The Morgan fingerprint density at radius 3 is 2.47 bits per heavy atom. The van der Waals surface area contributed by atoms with Crippen LogP contribution in [0.4, 0.5) is 5.69 Å². The van der Waals surface area contributed by atoms with Gasteiger partial charge in [-0.05, 0) is 12.1 Å². The molecule has 1 fully saturated rings. The Hall–Kier alpha value is -2.70. The van der Waals surface area contributed by atoms with Gasteiger partial charge >= 0.3 is 0 Å². The summed E-state index contributed by atoms with van der Waals surface area (Å²) in [5.74, 6) is -2.37. The van der Waals surface area contributed by atoms with Gasteiger partial charge in [-0.3, -0.25) is 29.4 Å². The molecule has 7 nitrogen and oxygen atoms in total. The first kappa shape index (κ1) is 11.4. The summed E-state index contributed by atoms with van der Waals surface area (Å²) >= 11 is 0. The molecule has 0 spiro atoms. The first-order chi connectivity index (χ1) is 9.00. The highest BCUT2D eigenvalue weighted by atomic mass is 16.2. The van der Waals surface area contributed by atoms with Crippen molar-refractivity contribution in [1.29, 1.82) is 0 Å². The molecule has 1 aromatic rings. The average molecular weight is 259 g/mol. The minimum Gasteiger partial charge on any atom is -0.398 e. The summed E-state index contributed by atoms with van der Waals surface area (Å²) in [7, 11) is 0. The predicted molar refractivity (Wildman–Crippen MR) is 62.9 cm³/mol. The smallest absolute Gasteiger partial charge is 0.264 e. The SMILES string of the molecule is Nc1cccc2c1C(=O)N(C1CC(=O)NC1=O)C2=O. The van der Waals surface area contributed by atoms with Crippen LogP contribution in [-0.4, -0.2) is 34.6 Å². The number of benzene rings is 1. The van der Waals surface area contributed by atoms with Crippen molar-refractivity contribution in [3.8, 4) is 0 Å². The number of imide groups is 2. The third-order valence-corrected chi connectivity index (χ3v) is 3.23. The second-order valence-electron chi connectivity index (χ2n) is 4.38. The average Bonchev–Trinajstić information content (AvgIpc) is 2.79. The van der Waals surface area contributed by atoms with Crippen LogP contribution in [0.2, 0.25) is 0 Å². The lowest BCUT2D eigenvalue weighted by molar-refractivity contribution is -0.125. The second kappa shape index (κ2) is 3.64. The lowest BCUT2D eigenvalue weighted by atomic mass is 10.1. The molecule has 1 aromatic carbocycles. The zero-order valence-electron chi connectivity index (χ0n) is 9.67. The number of amides is 4. The molecule has 0 aromatic heterocycles. The molecule has 1 unspecified atom stereocenters. The number of carbonyl (C=O) groups excluding carboxylic acids is 4. The van der Waals surface area contributed by atoms with Crippen molar-refractivity contribution in [2.24, 2.45) is 0 Å². The summed E-state index contributed by atoms with van der Waals surface area (Å²) in [6, 6.07) is 3.45. The molecule has 2 aliphatic heterocycles. The van der Waals surface area contributed by atoms with E-state index in [2.05, 4.69) is 5.32 Å². The number of hydrogen-bond donors (Lipinski definition) is 2. The molecule has 0 bridgehead atoms. The minimum atomic E-state index is -1.08. The first-order valence-electron chi connectivity index (χ1n) is 5.61. The molecule has 96 valence electrons. The summed E-state index contributed by atoms with van der Waals surface area (Å²) < 4.78 is 0. The Morgan fingerprint density at radius 2 is 1.89 bits per heavy atom. The Kier molecular flexibility index (Phi) is 2.19. The molecule has 3 rings (SSSR count). The third kappa shape index (κ3) is 1.44. The normalized spacial score (nSPS) is 21.9. The van der Waals surface area contributed by atoms with E-state index in [1.54, 1.807) is 6.07 Å². The van der Waals surface area contributed by atoms with Crippen molar-refractivity contribution >= 4 is 29.3 Å². The second-order valence-corrected chi connectivity index (χ2v) is 4.38. The van der Waals surface area contributed by atoms with Gasteiger partial charge in [0.2, 0.25) is 11.8 Å². The van der Waals surface area contributed by atoms with Gasteiger partial charge in [-0.2, -0.15) is 0 Å². The summed E-state index contributed by atoms with van der Waals surface area (Å²) in [6.45, 7) is 0. The quantitative estimate of drug-likeness (QED) is 0.511. The lowest BCUT2D eigenvalue weighted by Gasteiger charge is -2.18. The molecule has 0 aliphatic carbocycles. The van der Waals surface area contributed by atoms with Crippen LogP contribution in [0.15, 0.2) is 18.2 Å². The molecular formula is C12H9N3O4. The van der Waals surface area contributed by atoms with E-state index in [1.165, 1.54) is 12.1 Å². The highest BCUT2D eigenvalue weighted by Gasteiger charge is 2.47. The molecule has 2 heterocycles. The van der Waals surface area contributed by atoms with E-state index in [0.717, 1.165) is 4.90 Å². The Labute approximate surface area is 107 Å². The van der Waals surface area contributed by atoms with E-state index in [1.807, 2.05) is 0 Å². The number of nitrogen functional groups attached to an aromatic ring is 1. The molecule has 1 atom stereocenters. The lowest BCUT2D eigenvalue weighted by Crippen LogP contribution is -2.44. The van der Waals surface area contributed by atoms with Gasteiger partial charge in [0, 0.05) is 5.69 Å². The van der Waals surface area contributed by atoms with Crippen molar-refractivity contribution in [1.82, 2.24) is 10.2 Å². The van der Waals surface area contributed by atoms with E-state index in [0.29, 0.717) is 0 Å². The largest absolute Gasteiger partial charge is 0.398 e. The van der Waals surface area contributed by atoms with Crippen molar-refractivity contribution in [2.75, 3.05) is 5.73 Å². The number of nitrogens with two attached hydrogens (primary N) is 1. The van der Waals surface area contributed by atoms with Crippen LogP contribution in [0.5, 0.6) is 0 Å². The summed E-state index contributed by atoms with van der Waals surface area (Å²) in [6.07, 6.45) is -0.204. The van der Waals surface area contributed by atoms with Gasteiger partial charge in [-0.15, -0.1) is 0 Å². The van der Waals surface area contributed by atoms with E-state index in [9.17, 15) is 19.2 Å². The zero-order chi connectivity index (χ0) is 13.7. The van der Waals surface area contributed by atoms with Gasteiger partial charge in [-0.25, -0.2) is 0 Å². The van der Waals surface area contributed by atoms with Crippen LogP contribution in [0, 0.1) is 0 Å². The topological polar surface area (TPSA) is 110 Å². The van der Waals surface area contributed by atoms with Crippen LogP contribution in [-0.2, 0) is 9.59 Å². The number of nitrogens with one attached hydrogen (secondary N) is 1. The van der Waals surface area contributed by atoms with Crippen LogP contribution < -0.4 is 11.1 Å². The fraction of sp³-hybridized carbons (Fsp3) is 0.167. The van der Waals surface area contributed by atoms with E-state index < -0.39 is 29.7 Å². The molecule has 3 N–H and O–H groups in total. The van der Waals surface area contributed by atoms with Gasteiger partial charge < -0.3 is 5.73 Å². The van der Waals surface area contributed by atoms with Crippen molar-refractivity contribution in [2.45, 2.75) is 12.5 Å². The fourth-order valence-electron chi connectivity index (χ4n) is 2.36. The molecule has 0 saturated carbocycles. The van der Waals surface area contributed by atoms with Gasteiger partial charge in [0.25, 0.3) is 11.8 Å². The highest BCUT2D eigenvalue weighted by molar-refractivity contribution is 6.26. The number of hydrogen-bond acceptors (Lipinski definition) is 5. The molecule has 1 saturated heterocycles. The summed E-state index contributed by atoms with van der Waals surface area (Å²) in [4.78, 5) is 47.9. The Bertz CT molecular complexity index is 652. The number of rotatable bonds is 1. The van der Waals surface area contributed by atoms with Gasteiger partial charge in [0.05, 0.1) is 17.5 Å². The third-order valence-electron chi connectivity index (χ3n) is 3.23. The van der Waals surface area contributed by atoms with E-state index in [4.69, 9.17) is 5.73 Å². The van der Waals surface area contributed by atoms with Crippen LogP contribution in [0.25, 0.3) is 0 Å². The monoisotopic (exact) mass is 259 g/mol. The maximum Gasteiger partial charge on any atom is 0.264 e. The van der Waals surface area contributed by atoms with Gasteiger partial charge in [0.1, 0.15) is 6.04 Å². The standard InChI is InChI=1S/C12H9N3O4/c13-6-3-1-2-5-9(6)12(19)15(11(5)18)7-4-8(16)14-10(7)17/h1-3,7H,4,13H2,(H,14,16,17). The number of carbonyl (C=O) groups is 4. The van der Waals surface area contributed by atoms with Crippen molar-refractivity contribution in [3.63, 3.8) is 0 Å². The van der Waals surface area contributed by atoms with Crippen molar-refractivity contribution < 1.29 is 19.2 Å². The fourth-order valence-corrected chi connectivity index (χ4v) is 2.36. The maximum atomic E-state index is 12.2. The van der Waals surface area contributed by atoms with Gasteiger partial charge in [0.15, 0.2) is 0 Å². The minimum absolute atomic E-state index is 0.0969. The van der Waals surface area contributed by atoms with Crippen molar-refractivity contribution in [3.05, 3.63) is 29.3 Å².